The first-order valence-electron chi connectivity index (χ1n) is 4.40. The molecule has 1 aromatic heterocycles. The van der Waals surface area contributed by atoms with Gasteiger partial charge in [0.1, 0.15) is 6.29 Å². The molecule has 0 spiro atoms. The SMILES string of the molecule is O=CCCc1n[nH]c2c1CCC2. The van der Waals surface area contributed by atoms with Crippen LogP contribution in [0.2, 0.25) is 0 Å². The third kappa shape index (κ3) is 1.15. The molecule has 2 rings (SSSR count). The van der Waals surface area contributed by atoms with Crippen molar-refractivity contribution in [2.75, 3.05) is 0 Å². The van der Waals surface area contributed by atoms with E-state index < -0.39 is 0 Å². The monoisotopic (exact) mass is 164 g/mol. The number of carbonyl (C=O) groups is 1. The summed E-state index contributed by atoms with van der Waals surface area (Å²) < 4.78 is 0. The van der Waals surface area contributed by atoms with Crippen molar-refractivity contribution in [1.82, 2.24) is 10.2 Å². The second kappa shape index (κ2) is 3.09. The van der Waals surface area contributed by atoms with Crippen molar-refractivity contribution in [1.29, 1.82) is 0 Å². The summed E-state index contributed by atoms with van der Waals surface area (Å²) in [6.45, 7) is 0. The second-order valence-electron chi connectivity index (χ2n) is 3.19. The number of aldehydes is 1. The first-order valence-corrected chi connectivity index (χ1v) is 4.40. The Balaban J connectivity index is 2.16. The second-order valence-corrected chi connectivity index (χ2v) is 3.19. The topological polar surface area (TPSA) is 45.8 Å². The van der Waals surface area contributed by atoms with Crippen LogP contribution in [0.4, 0.5) is 0 Å². The van der Waals surface area contributed by atoms with Gasteiger partial charge in [-0.1, -0.05) is 0 Å². The minimum absolute atomic E-state index is 0.595. The molecule has 12 heavy (non-hydrogen) atoms. The van der Waals surface area contributed by atoms with Gasteiger partial charge in [0.05, 0.1) is 5.69 Å². The van der Waals surface area contributed by atoms with Gasteiger partial charge in [0, 0.05) is 12.1 Å². The lowest BCUT2D eigenvalue weighted by Crippen LogP contribution is -1.91. The minimum atomic E-state index is 0.595. The summed E-state index contributed by atoms with van der Waals surface area (Å²) in [4.78, 5) is 10.2. The highest BCUT2D eigenvalue weighted by Crippen LogP contribution is 2.23. The van der Waals surface area contributed by atoms with E-state index in [0.717, 1.165) is 31.2 Å². The van der Waals surface area contributed by atoms with Crippen LogP contribution in [-0.4, -0.2) is 16.5 Å². The Kier molecular flexibility index (Phi) is 1.94. The fourth-order valence-corrected chi connectivity index (χ4v) is 1.79. The fourth-order valence-electron chi connectivity index (χ4n) is 1.79. The van der Waals surface area contributed by atoms with Gasteiger partial charge in [-0.15, -0.1) is 0 Å². The Hall–Kier alpha value is -1.12. The van der Waals surface area contributed by atoms with Crippen LogP contribution in [0.25, 0.3) is 0 Å². The van der Waals surface area contributed by atoms with Crippen molar-refractivity contribution in [3.05, 3.63) is 17.0 Å². The van der Waals surface area contributed by atoms with Gasteiger partial charge in [0.15, 0.2) is 0 Å². The highest BCUT2D eigenvalue weighted by Gasteiger charge is 2.17. The molecule has 1 aliphatic carbocycles. The maximum absolute atomic E-state index is 10.2. The van der Waals surface area contributed by atoms with Gasteiger partial charge in [0.25, 0.3) is 0 Å². The molecule has 1 aliphatic rings. The predicted molar refractivity (Wildman–Crippen MR) is 45.0 cm³/mol. The van der Waals surface area contributed by atoms with Gasteiger partial charge in [-0.05, 0) is 31.2 Å². The van der Waals surface area contributed by atoms with E-state index in [4.69, 9.17) is 0 Å². The number of rotatable bonds is 3. The number of fused-ring (bicyclic) bond motifs is 1. The number of aromatic nitrogens is 2. The van der Waals surface area contributed by atoms with Crippen LogP contribution in [0.1, 0.15) is 29.8 Å². The Morgan fingerprint density at radius 2 is 2.42 bits per heavy atom. The molecule has 0 saturated heterocycles. The van der Waals surface area contributed by atoms with Crippen molar-refractivity contribution in [3.8, 4) is 0 Å². The third-order valence-electron chi connectivity index (χ3n) is 2.39. The molecule has 0 amide bonds. The van der Waals surface area contributed by atoms with Gasteiger partial charge in [0.2, 0.25) is 0 Å². The molecule has 0 unspecified atom stereocenters. The lowest BCUT2D eigenvalue weighted by molar-refractivity contribution is -0.107. The minimum Gasteiger partial charge on any atom is -0.303 e. The summed E-state index contributed by atoms with van der Waals surface area (Å²) in [6.07, 6.45) is 5.85. The Bertz CT molecular complexity index is 291. The number of aryl methyl sites for hydroxylation is 2. The number of hydrogen-bond donors (Lipinski definition) is 1. The molecule has 3 heteroatoms. The molecule has 0 atom stereocenters. The van der Waals surface area contributed by atoms with E-state index >= 15 is 0 Å². The average molecular weight is 164 g/mol. The summed E-state index contributed by atoms with van der Waals surface area (Å²) >= 11 is 0. The van der Waals surface area contributed by atoms with Gasteiger partial charge < -0.3 is 4.79 Å². The van der Waals surface area contributed by atoms with Gasteiger partial charge in [-0.2, -0.15) is 5.10 Å². The lowest BCUT2D eigenvalue weighted by atomic mass is 10.1. The van der Waals surface area contributed by atoms with Gasteiger partial charge in [-0.25, -0.2) is 0 Å². The standard InChI is InChI=1S/C9H12N2O/c12-6-2-5-9-7-3-1-4-8(7)10-11-9/h6H,1-5H2,(H,10,11). The maximum Gasteiger partial charge on any atom is 0.120 e. The van der Waals surface area contributed by atoms with Crippen LogP contribution in [0.5, 0.6) is 0 Å². The summed E-state index contributed by atoms with van der Waals surface area (Å²) in [5, 5.41) is 7.22. The van der Waals surface area contributed by atoms with Crippen molar-refractivity contribution >= 4 is 6.29 Å². The molecular formula is C9H12N2O. The number of aromatic amines is 1. The quantitative estimate of drug-likeness (QED) is 0.678. The van der Waals surface area contributed by atoms with E-state index in [9.17, 15) is 4.79 Å². The van der Waals surface area contributed by atoms with E-state index in [-0.39, 0.29) is 0 Å². The average Bonchev–Trinajstić information content (AvgIpc) is 2.62. The Morgan fingerprint density at radius 1 is 1.50 bits per heavy atom. The van der Waals surface area contributed by atoms with Gasteiger partial charge in [-0.3, -0.25) is 5.10 Å². The normalized spacial score (nSPS) is 14.7. The Labute approximate surface area is 71.2 Å². The molecule has 64 valence electrons. The summed E-state index contributed by atoms with van der Waals surface area (Å²) in [7, 11) is 0. The number of nitrogens with zero attached hydrogens (tertiary/aromatic N) is 1. The highest BCUT2D eigenvalue weighted by atomic mass is 16.1. The molecule has 0 aromatic carbocycles. The molecule has 3 nitrogen and oxygen atoms in total. The van der Waals surface area contributed by atoms with Crippen molar-refractivity contribution in [2.45, 2.75) is 32.1 Å². The number of carbonyl (C=O) groups excluding carboxylic acids is 1. The molecule has 0 fully saturated rings. The van der Waals surface area contributed by atoms with E-state index in [1.165, 1.54) is 17.7 Å². The van der Waals surface area contributed by atoms with E-state index in [1.54, 1.807) is 0 Å². The summed E-state index contributed by atoms with van der Waals surface area (Å²) in [5.74, 6) is 0. The van der Waals surface area contributed by atoms with Crippen molar-refractivity contribution in [3.63, 3.8) is 0 Å². The predicted octanol–water partition coefficient (Wildman–Crippen LogP) is 1.03. The van der Waals surface area contributed by atoms with E-state index in [1.807, 2.05) is 0 Å². The highest BCUT2D eigenvalue weighted by molar-refractivity contribution is 5.50. The smallest absolute Gasteiger partial charge is 0.120 e. The fraction of sp³-hybridized carbons (Fsp3) is 0.556. The van der Waals surface area contributed by atoms with Crippen LogP contribution >= 0.6 is 0 Å². The first kappa shape index (κ1) is 7.53. The number of nitrogens with one attached hydrogen (secondary N) is 1. The van der Waals surface area contributed by atoms with Crippen LogP contribution in [0.15, 0.2) is 0 Å². The zero-order chi connectivity index (χ0) is 8.39. The van der Waals surface area contributed by atoms with Crippen molar-refractivity contribution < 1.29 is 4.79 Å². The number of hydrogen-bond acceptors (Lipinski definition) is 2. The largest absolute Gasteiger partial charge is 0.303 e. The molecule has 0 bridgehead atoms. The Morgan fingerprint density at radius 3 is 3.25 bits per heavy atom. The third-order valence-corrected chi connectivity index (χ3v) is 2.39. The molecule has 1 aromatic rings. The molecule has 1 heterocycles. The van der Waals surface area contributed by atoms with Crippen LogP contribution in [0.3, 0.4) is 0 Å². The molecular weight excluding hydrogens is 152 g/mol. The zero-order valence-electron chi connectivity index (χ0n) is 6.97. The van der Waals surface area contributed by atoms with Gasteiger partial charge >= 0.3 is 0 Å². The van der Waals surface area contributed by atoms with E-state index in [2.05, 4.69) is 10.2 Å². The molecule has 1 N–H and O–H groups in total. The number of H-pyrrole nitrogens is 1. The van der Waals surface area contributed by atoms with Crippen molar-refractivity contribution in [2.24, 2.45) is 0 Å². The maximum atomic E-state index is 10.2. The van der Waals surface area contributed by atoms with Crippen LogP contribution in [-0.2, 0) is 24.1 Å². The summed E-state index contributed by atoms with van der Waals surface area (Å²) in [6, 6.07) is 0. The van der Waals surface area contributed by atoms with Crippen LogP contribution in [0, 0.1) is 0 Å². The first-order chi connectivity index (χ1) is 5.92. The zero-order valence-corrected chi connectivity index (χ0v) is 6.97. The summed E-state index contributed by atoms with van der Waals surface area (Å²) in [5.41, 5.74) is 3.77. The molecule has 0 radical (unpaired) electrons. The van der Waals surface area contributed by atoms with Crippen LogP contribution < -0.4 is 0 Å². The molecule has 0 saturated carbocycles. The lowest BCUT2D eigenvalue weighted by Gasteiger charge is -1.93. The van der Waals surface area contributed by atoms with E-state index in [0.29, 0.717) is 6.42 Å². The molecule has 0 aliphatic heterocycles.